The van der Waals surface area contributed by atoms with Crippen molar-refractivity contribution in [3.05, 3.63) is 63.9 Å². The highest BCUT2D eigenvalue weighted by molar-refractivity contribution is 7.94. The van der Waals surface area contributed by atoms with Gasteiger partial charge in [-0.1, -0.05) is 17.7 Å². The Bertz CT molecular complexity index is 845. The van der Waals surface area contributed by atoms with Gasteiger partial charge in [0.2, 0.25) is 11.0 Å². The van der Waals surface area contributed by atoms with Crippen LogP contribution in [-0.2, 0) is 17.8 Å². The van der Waals surface area contributed by atoms with E-state index in [-0.39, 0.29) is 22.6 Å². The van der Waals surface area contributed by atoms with Crippen molar-refractivity contribution in [3.63, 3.8) is 0 Å². The zero-order chi connectivity index (χ0) is 17.4. The number of Topliss-reactive ketones (excluding diaryl/α,β-unsaturated/α-hetero) is 1. The monoisotopic (exact) mass is 367 g/mol. The molecule has 2 unspecified atom stereocenters. The fourth-order valence-electron chi connectivity index (χ4n) is 2.47. The van der Waals surface area contributed by atoms with Gasteiger partial charge in [-0.15, -0.1) is 0 Å². The van der Waals surface area contributed by atoms with E-state index in [1.807, 2.05) is 0 Å². The molecule has 124 valence electrons. The molecule has 0 aliphatic carbocycles. The summed E-state index contributed by atoms with van der Waals surface area (Å²) >= 11 is 3.92. The van der Waals surface area contributed by atoms with E-state index >= 15 is 0 Å². The SMILES string of the molecule is O=C(O)c1ccc2c(c1)C(=O)C(Cc1ccc(Cl)c(F)c1)[S+]([O-])N2. The molecule has 1 heterocycles. The van der Waals surface area contributed by atoms with Gasteiger partial charge in [0.1, 0.15) is 5.82 Å². The fraction of sp³-hybridized carbons (Fsp3) is 0.125. The first-order valence-corrected chi connectivity index (χ1v) is 8.48. The molecule has 24 heavy (non-hydrogen) atoms. The van der Waals surface area contributed by atoms with E-state index in [1.165, 1.54) is 30.3 Å². The van der Waals surface area contributed by atoms with E-state index in [0.29, 0.717) is 11.3 Å². The van der Waals surface area contributed by atoms with Crippen LogP contribution in [0.5, 0.6) is 0 Å². The van der Waals surface area contributed by atoms with E-state index in [0.717, 1.165) is 0 Å². The molecule has 2 aromatic carbocycles. The molecule has 8 heteroatoms. The van der Waals surface area contributed by atoms with E-state index in [4.69, 9.17) is 16.7 Å². The van der Waals surface area contributed by atoms with Crippen LogP contribution >= 0.6 is 11.6 Å². The first-order valence-electron chi connectivity index (χ1n) is 6.89. The number of halogens is 2. The summed E-state index contributed by atoms with van der Waals surface area (Å²) in [6.07, 6.45) is 0.0449. The normalized spacial score (nSPS) is 19.5. The van der Waals surface area contributed by atoms with Crippen molar-refractivity contribution in [1.82, 2.24) is 0 Å². The van der Waals surface area contributed by atoms with Crippen LogP contribution in [0.1, 0.15) is 26.3 Å². The van der Waals surface area contributed by atoms with Crippen molar-refractivity contribution in [2.75, 3.05) is 4.72 Å². The topological polar surface area (TPSA) is 89.5 Å². The standard InChI is InChI=1S/C16H11ClFNO4S/c17-11-3-1-8(5-12(11)18)6-14-15(20)10-7-9(16(21)22)2-4-13(10)19-24(14)23/h1-5,7,14,19H,6H2,(H,21,22). The molecule has 0 amide bonds. The van der Waals surface area contributed by atoms with Crippen molar-refractivity contribution in [1.29, 1.82) is 0 Å². The van der Waals surface area contributed by atoms with Crippen molar-refractivity contribution < 1.29 is 23.6 Å². The first-order chi connectivity index (χ1) is 11.4. The number of anilines is 1. The van der Waals surface area contributed by atoms with Gasteiger partial charge in [-0.2, -0.15) is 0 Å². The highest BCUT2D eigenvalue weighted by Crippen LogP contribution is 2.30. The molecule has 5 nitrogen and oxygen atoms in total. The molecule has 0 aromatic heterocycles. The lowest BCUT2D eigenvalue weighted by Gasteiger charge is -2.27. The third kappa shape index (κ3) is 3.10. The number of fused-ring (bicyclic) bond motifs is 1. The molecule has 2 aromatic rings. The summed E-state index contributed by atoms with van der Waals surface area (Å²) in [7, 11) is 0. The fourth-order valence-corrected chi connectivity index (χ4v) is 3.79. The summed E-state index contributed by atoms with van der Waals surface area (Å²) in [4.78, 5) is 23.7. The number of aromatic carboxylic acids is 1. The van der Waals surface area contributed by atoms with Gasteiger partial charge in [0, 0.05) is 6.42 Å². The highest BCUT2D eigenvalue weighted by Gasteiger charge is 2.39. The first kappa shape index (κ1) is 16.8. The average molecular weight is 368 g/mol. The lowest BCUT2D eigenvalue weighted by molar-refractivity contribution is 0.0697. The lowest BCUT2D eigenvalue weighted by atomic mass is 9.99. The second-order valence-corrected chi connectivity index (χ2v) is 7.05. The number of carboxylic acid groups (broad SMARTS) is 1. The van der Waals surface area contributed by atoms with Crippen LogP contribution in [0, 0.1) is 5.82 Å². The lowest BCUT2D eigenvalue weighted by Crippen LogP contribution is -2.41. The minimum Gasteiger partial charge on any atom is -0.592 e. The van der Waals surface area contributed by atoms with E-state index in [1.54, 1.807) is 6.07 Å². The van der Waals surface area contributed by atoms with Crippen LogP contribution in [0.4, 0.5) is 10.1 Å². The van der Waals surface area contributed by atoms with Gasteiger partial charge < -0.3 is 9.66 Å². The molecule has 1 aliphatic rings. The number of ketones is 1. The smallest absolute Gasteiger partial charge is 0.335 e. The Morgan fingerprint density at radius 1 is 1.33 bits per heavy atom. The summed E-state index contributed by atoms with van der Waals surface area (Å²) < 4.78 is 28.5. The predicted octanol–water partition coefficient (Wildman–Crippen LogP) is 3.06. The summed E-state index contributed by atoms with van der Waals surface area (Å²) in [6.45, 7) is 0. The number of rotatable bonds is 3. The summed E-state index contributed by atoms with van der Waals surface area (Å²) in [6, 6.07) is 8.10. The molecule has 2 atom stereocenters. The second-order valence-electron chi connectivity index (χ2n) is 5.27. The molecule has 0 saturated heterocycles. The van der Waals surface area contributed by atoms with Crippen LogP contribution in [0.2, 0.25) is 5.02 Å². The van der Waals surface area contributed by atoms with Gasteiger partial charge in [0.15, 0.2) is 0 Å². The molecule has 2 N–H and O–H groups in total. The molecule has 0 radical (unpaired) electrons. The number of benzene rings is 2. The molecular weight excluding hydrogens is 357 g/mol. The Labute approximate surface area is 144 Å². The van der Waals surface area contributed by atoms with Gasteiger partial charge in [0.25, 0.3) is 0 Å². The van der Waals surface area contributed by atoms with Crippen molar-refractivity contribution >= 4 is 40.4 Å². The van der Waals surface area contributed by atoms with Gasteiger partial charge >= 0.3 is 5.97 Å². The molecule has 3 rings (SSSR count). The van der Waals surface area contributed by atoms with Crippen LogP contribution < -0.4 is 4.72 Å². The number of hydrogen-bond donors (Lipinski definition) is 2. The molecular formula is C16H11ClFNO4S. The van der Waals surface area contributed by atoms with Crippen molar-refractivity contribution in [3.8, 4) is 0 Å². The van der Waals surface area contributed by atoms with E-state index in [2.05, 4.69) is 4.72 Å². The number of carbonyl (C=O) groups excluding carboxylic acids is 1. The minimum atomic E-state index is -1.70. The molecule has 0 saturated carbocycles. The maximum absolute atomic E-state index is 13.5. The predicted molar refractivity (Wildman–Crippen MR) is 88.4 cm³/mol. The summed E-state index contributed by atoms with van der Waals surface area (Å²) in [5.41, 5.74) is 0.923. The van der Waals surface area contributed by atoms with Crippen LogP contribution in [0.15, 0.2) is 36.4 Å². The Hall–Kier alpha value is -2.09. The number of hydrogen-bond acceptors (Lipinski definition) is 4. The largest absolute Gasteiger partial charge is 0.592 e. The summed E-state index contributed by atoms with van der Waals surface area (Å²) in [5, 5.41) is 8.06. The summed E-state index contributed by atoms with van der Waals surface area (Å²) in [5.74, 6) is -2.22. The molecule has 1 aliphatic heterocycles. The zero-order valence-electron chi connectivity index (χ0n) is 12.1. The quantitative estimate of drug-likeness (QED) is 0.814. The van der Waals surface area contributed by atoms with Gasteiger partial charge in [-0.05, 0) is 35.9 Å². The van der Waals surface area contributed by atoms with Gasteiger partial charge in [-0.25, -0.2) is 13.9 Å². The second kappa shape index (κ2) is 6.43. The Morgan fingerprint density at radius 3 is 2.75 bits per heavy atom. The Kier molecular flexibility index (Phi) is 4.49. The third-order valence-electron chi connectivity index (χ3n) is 3.70. The van der Waals surface area contributed by atoms with Crippen LogP contribution in [0.3, 0.4) is 0 Å². The zero-order valence-corrected chi connectivity index (χ0v) is 13.7. The van der Waals surface area contributed by atoms with Crippen molar-refractivity contribution in [2.45, 2.75) is 11.7 Å². The van der Waals surface area contributed by atoms with Gasteiger partial charge in [0.05, 0.1) is 33.2 Å². The third-order valence-corrected chi connectivity index (χ3v) is 5.32. The van der Waals surface area contributed by atoms with Crippen LogP contribution in [-0.4, -0.2) is 26.7 Å². The molecule has 0 bridgehead atoms. The van der Waals surface area contributed by atoms with Crippen molar-refractivity contribution in [2.24, 2.45) is 0 Å². The molecule has 0 fully saturated rings. The number of carbonyl (C=O) groups is 2. The molecule has 0 spiro atoms. The Morgan fingerprint density at radius 2 is 2.08 bits per heavy atom. The van der Waals surface area contributed by atoms with Crippen LogP contribution in [0.25, 0.3) is 0 Å². The van der Waals surface area contributed by atoms with E-state index in [9.17, 15) is 18.5 Å². The maximum atomic E-state index is 13.5. The Balaban J connectivity index is 1.92. The highest BCUT2D eigenvalue weighted by atomic mass is 35.5. The minimum absolute atomic E-state index is 0.0344. The maximum Gasteiger partial charge on any atom is 0.335 e. The van der Waals surface area contributed by atoms with Gasteiger partial charge in [-0.3, -0.25) is 4.79 Å². The van der Waals surface area contributed by atoms with E-state index < -0.39 is 34.2 Å². The average Bonchev–Trinajstić information content (AvgIpc) is 2.54. The number of nitrogens with one attached hydrogen (secondary N) is 1. The number of carboxylic acids is 1.